The molecule has 2 aromatic carbocycles. The molecule has 5 heteroatoms. The van der Waals surface area contributed by atoms with Gasteiger partial charge in [0.2, 0.25) is 0 Å². The van der Waals surface area contributed by atoms with E-state index in [4.69, 9.17) is 4.98 Å². The van der Waals surface area contributed by atoms with Gasteiger partial charge in [-0.15, -0.1) is 0 Å². The zero-order valence-electron chi connectivity index (χ0n) is 17.4. The highest BCUT2D eigenvalue weighted by Gasteiger charge is 2.41. The van der Waals surface area contributed by atoms with Crippen molar-refractivity contribution in [1.82, 2.24) is 14.9 Å². The van der Waals surface area contributed by atoms with E-state index in [2.05, 4.69) is 41.0 Å². The summed E-state index contributed by atoms with van der Waals surface area (Å²) in [6, 6.07) is 21.2. The van der Waals surface area contributed by atoms with E-state index >= 15 is 0 Å². The minimum Gasteiger partial charge on any atom is -0.382 e. The highest BCUT2D eigenvalue weighted by Crippen LogP contribution is 2.50. The van der Waals surface area contributed by atoms with E-state index in [1.807, 2.05) is 41.1 Å². The second kappa shape index (κ2) is 7.50. The summed E-state index contributed by atoms with van der Waals surface area (Å²) in [6.07, 6.45) is 5.08. The number of fused-ring (bicyclic) bond motifs is 2. The lowest BCUT2D eigenvalue weighted by Gasteiger charge is -2.25. The van der Waals surface area contributed by atoms with E-state index in [1.54, 1.807) is 0 Å². The molecule has 0 spiro atoms. The summed E-state index contributed by atoms with van der Waals surface area (Å²) in [4.78, 5) is 18.4. The Morgan fingerprint density at radius 1 is 0.935 bits per heavy atom. The molecular formula is C26H26N4O. The molecular weight excluding hydrogens is 384 g/mol. The van der Waals surface area contributed by atoms with Gasteiger partial charge >= 0.3 is 0 Å². The molecule has 156 valence electrons. The molecule has 2 N–H and O–H groups in total. The van der Waals surface area contributed by atoms with Crippen molar-refractivity contribution in [3.8, 4) is 0 Å². The number of anilines is 1. The van der Waals surface area contributed by atoms with Crippen LogP contribution in [0, 0.1) is 0 Å². The number of piperidine rings is 1. The van der Waals surface area contributed by atoms with E-state index in [9.17, 15) is 4.79 Å². The van der Waals surface area contributed by atoms with Gasteiger partial charge in [0.15, 0.2) is 0 Å². The fourth-order valence-corrected chi connectivity index (χ4v) is 4.97. The van der Waals surface area contributed by atoms with Crippen molar-refractivity contribution in [2.24, 2.45) is 0 Å². The Balaban J connectivity index is 1.33. The molecule has 5 nitrogen and oxygen atoms in total. The lowest BCUT2D eigenvalue weighted by molar-refractivity contribution is 0.479. The Kier molecular flexibility index (Phi) is 4.50. The first kappa shape index (κ1) is 18.6. The summed E-state index contributed by atoms with van der Waals surface area (Å²) in [5.41, 5.74) is 3.16. The number of para-hydroxylation sites is 1. The molecule has 1 saturated heterocycles. The van der Waals surface area contributed by atoms with Crippen LogP contribution in [0.2, 0.25) is 0 Å². The monoisotopic (exact) mass is 410 g/mol. The third kappa shape index (κ3) is 3.39. The van der Waals surface area contributed by atoms with Gasteiger partial charge in [-0.1, -0.05) is 36.4 Å². The molecule has 0 unspecified atom stereocenters. The maximum absolute atomic E-state index is 13.6. The summed E-state index contributed by atoms with van der Waals surface area (Å²) in [5, 5.41) is 10.0. The molecule has 2 aliphatic rings. The molecule has 2 fully saturated rings. The SMILES string of the molecule is O=c1c2c(NC3CCNCC3)cccc2ccn1[C@@H]1C[C@H]1c1ccc2ccccc2n1. The second-order valence-corrected chi connectivity index (χ2v) is 8.80. The van der Waals surface area contributed by atoms with Crippen LogP contribution in [-0.4, -0.2) is 28.7 Å². The number of benzene rings is 2. The van der Waals surface area contributed by atoms with Gasteiger partial charge in [-0.3, -0.25) is 9.78 Å². The van der Waals surface area contributed by atoms with Crippen LogP contribution >= 0.6 is 0 Å². The number of rotatable bonds is 4. The third-order valence-corrected chi connectivity index (χ3v) is 6.77. The number of nitrogens with zero attached hydrogens (tertiary/aromatic N) is 2. The average Bonchev–Trinajstić information content (AvgIpc) is 3.60. The van der Waals surface area contributed by atoms with Crippen molar-refractivity contribution in [2.75, 3.05) is 18.4 Å². The molecule has 31 heavy (non-hydrogen) atoms. The van der Waals surface area contributed by atoms with Gasteiger partial charge in [0.1, 0.15) is 0 Å². The van der Waals surface area contributed by atoms with Crippen molar-refractivity contribution >= 4 is 27.4 Å². The summed E-state index contributed by atoms with van der Waals surface area (Å²) < 4.78 is 1.93. The van der Waals surface area contributed by atoms with Crippen LogP contribution in [0.15, 0.2) is 71.7 Å². The highest BCUT2D eigenvalue weighted by molar-refractivity contribution is 5.93. The van der Waals surface area contributed by atoms with Crippen molar-refractivity contribution in [3.63, 3.8) is 0 Å². The molecule has 6 rings (SSSR count). The maximum Gasteiger partial charge on any atom is 0.260 e. The van der Waals surface area contributed by atoms with Crippen LogP contribution in [0.1, 0.15) is 36.9 Å². The predicted octanol–water partition coefficient (Wildman–Crippen LogP) is 4.44. The summed E-state index contributed by atoms with van der Waals surface area (Å²) >= 11 is 0. The fourth-order valence-electron chi connectivity index (χ4n) is 4.97. The van der Waals surface area contributed by atoms with E-state index in [0.29, 0.717) is 12.0 Å². The molecule has 4 aromatic rings. The maximum atomic E-state index is 13.6. The van der Waals surface area contributed by atoms with Gasteiger partial charge in [-0.25, -0.2) is 0 Å². The average molecular weight is 411 g/mol. The third-order valence-electron chi connectivity index (χ3n) is 6.77. The summed E-state index contributed by atoms with van der Waals surface area (Å²) in [6.45, 7) is 2.05. The van der Waals surface area contributed by atoms with Gasteiger partial charge in [-0.2, -0.15) is 0 Å². The van der Waals surface area contributed by atoms with E-state index in [-0.39, 0.29) is 11.6 Å². The Labute approximate surface area is 181 Å². The van der Waals surface area contributed by atoms with Crippen LogP contribution in [-0.2, 0) is 0 Å². The lowest BCUT2D eigenvalue weighted by atomic mass is 10.0. The van der Waals surface area contributed by atoms with Crippen LogP contribution in [0.3, 0.4) is 0 Å². The predicted molar refractivity (Wildman–Crippen MR) is 126 cm³/mol. The lowest BCUT2D eigenvalue weighted by Crippen LogP contribution is -2.35. The molecule has 1 aliphatic carbocycles. The topological polar surface area (TPSA) is 59.0 Å². The number of pyridine rings is 2. The first-order chi connectivity index (χ1) is 15.3. The number of hydrogen-bond donors (Lipinski definition) is 2. The van der Waals surface area contributed by atoms with Crippen molar-refractivity contribution in [3.05, 3.63) is 82.9 Å². The van der Waals surface area contributed by atoms with Crippen LogP contribution in [0.5, 0.6) is 0 Å². The van der Waals surface area contributed by atoms with E-state index in [1.165, 1.54) is 0 Å². The van der Waals surface area contributed by atoms with Crippen LogP contribution < -0.4 is 16.2 Å². The van der Waals surface area contributed by atoms with E-state index in [0.717, 1.165) is 65.4 Å². The smallest absolute Gasteiger partial charge is 0.260 e. The van der Waals surface area contributed by atoms with Gasteiger partial charge in [0, 0.05) is 41.0 Å². The molecule has 0 radical (unpaired) electrons. The van der Waals surface area contributed by atoms with E-state index < -0.39 is 0 Å². The highest BCUT2D eigenvalue weighted by atomic mass is 16.1. The van der Waals surface area contributed by atoms with Gasteiger partial charge in [0.25, 0.3) is 5.56 Å². The first-order valence-electron chi connectivity index (χ1n) is 11.2. The second-order valence-electron chi connectivity index (χ2n) is 8.80. The van der Waals surface area contributed by atoms with Gasteiger partial charge < -0.3 is 15.2 Å². The Hall–Kier alpha value is -3.18. The quantitative estimate of drug-likeness (QED) is 0.522. The zero-order chi connectivity index (χ0) is 20.8. The van der Waals surface area contributed by atoms with Crippen molar-refractivity contribution in [1.29, 1.82) is 0 Å². The molecule has 2 aromatic heterocycles. The molecule has 0 amide bonds. The first-order valence-corrected chi connectivity index (χ1v) is 11.2. The molecule has 3 heterocycles. The zero-order valence-corrected chi connectivity index (χ0v) is 17.4. The molecule has 2 atom stereocenters. The summed E-state index contributed by atoms with van der Waals surface area (Å²) in [5.74, 6) is 0.296. The van der Waals surface area contributed by atoms with Crippen molar-refractivity contribution < 1.29 is 0 Å². The van der Waals surface area contributed by atoms with Crippen molar-refractivity contribution in [2.45, 2.75) is 37.3 Å². The fraction of sp³-hybridized carbons (Fsp3) is 0.308. The Bertz CT molecular complexity index is 1320. The normalized spacial score (nSPS) is 21.4. The Morgan fingerprint density at radius 2 is 1.77 bits per heavy atom. The number of hydrogen-bond acceptors (Lipinski definition) is 4. The van der Waals surface area contributed by atoms with Gasteiger partial charge in [-0.05, 0) is 62.0 Å². The minimum atomic E-state index is 0.0998. The molecule has 0 bridgehead atoms. The molecule has 1 aliphatic heterocycles. The van der Waals surface area contributed by atoms with Crippen LogP contribution in [0.25, 0.3) is 21.7 Å². The largest absolute Gasteiger partial charge is 0.382 e. The van der Waals surface area contributed by atoms with Gasteiger partial charge in [0.05, 0.1) is 10.9 Å². The summed E-state index contributed by atoms with van der Waals surface area (Å²) in [7, 11) is 0. The number of nitrogens with one attached hydrogen (secondary N) is 2. The minimum absolute atomic E-state index is 0.0998. The Morgan fingerprint density at radius 3 is 2.68 bits per heavy atom. The number of aromatic nitrogens is 2. The van der Waals surface area contributed by atoms with Crippen LogP contribution in [0.4, 0.5) is 5.69 Å². The standard InChI is InChI=1S/C26H26N4O/c31-26-25-18(5-3-7-23(25)28-19-10-13-27-14-11-19)12-15-30(26)24-16-20(24)22-9-8-17-4-1-2-6-21(17)29-22/h1-9,12,15,19-20,24,27-28H,10-11,13-14,16H2/t20-,24+/m0/s1. The molecule has 1 saturated carbocycles.